The van der Waals surface area contributed by atoms with Gasteiger partial charge < -0.3 is 10.6 Å². The van der Waals surface area contributed by atoms with Gasteiger partial charge in [0.05, 0.1) is 18.2 Å². The third kappa shape index (κ3) is 3.69. The Morgan fingerprint density at radius 3 is 2.60 bits per heavy atom. The topological polar surface area (TPSA) is 64.9 Å². The lowest BCUT2D eigenvalue weighted by molar-refractivity contribution is -0.119. The lowest BCUT2D eigenvalue weighted by atomic mass is 10.2. The maximum Gasteiger partial charge on any atom is 0.239 e. The van der Waals surface area contributed by atoms with E-state index in [2.05, 4.69) is 10.6 Å². The highest BCUT2D eigenvalue weighted by molar-refractivity contribution is 5.80. The van der Waals surface area contributed by atoms with Crippen LogP contribution < -0.4 is 10.6 Å². The van der Waals surface area contributed by atoms with Gasteiger partial charge in [0.15, 0.2) is 0 Å². The summed E-state index contributed by atoms with van der Waals surface area (Å²) in [5.41, 5.74) is 1.44. The largest absolute Gasteiger partial charge is 0.376 e. The van der Waals surface area contributed by atoms with E-state index < -0.39 is 0 Å². The molecule has 0 aliphatic heterocycles. The highest BCUT2D eigenvalue weighted by Crippen LogP contribution is 2.07. The monoisotopic (exact) mass is 203 g/mol. The predicted molar refractivity (Wildman–Crippen MR) is 58.3 cm³/mol. The van der Waals surface area contributed by atoms with Gasteiger partial charge in [-0.25, -0.2) is 0 Å². The molecule has 0 aliphatic rings. The maximum absolute atomic E-state index is 11.1. The molecule has 0 saturated carbocycles. The molecule has 1 amide bonds. The second kappa shape index (κ2) is 5.66. The first-order valence-corrected chi connectivity index (χ1v) is 4.77. The number of amides is 1. The van der Waals surface area contributed by atoms with E-state index in [9.17, 15) is 4.79 Å². The van der Waals surface area contributed by atoms with Gasteiger partial charge in [0.25, 0.3) is 0 Å². The van der Waals surface area contributed by atoms with Gasteiger partial charge in [-0.2, -0.15) is 5.26 Å². The molecule has 0 radical (unpaired) electrons. The van der Waals surface area contributed by atoms with Crippen LogP contribution in [0.4, 0.5) is 5.69 Å². The quantitative estimate of drug-likeness (QED) is 0.770. The summed E-state index contributed by atoms with van der Waals surface area (Å²) in [6.45, 7) is 2.76. The molecule has 0 aromatic heterocycles. The minimum Gasteiger partial charge on any atom is -0.376 e. The van der Waals surface area contributed by atoms with Gasteiger partial charge in [-0.1, -0.05) is 0 Å². The smallest absolute Gasteiger partial charge is 0.239 e. The molecule has 0 atom stereocenters. The molecule has 1 aromatic carbocycles. The normalized spacial score (nSPS) is 9.07. The van der Waals surface area contributed by atoms with Crippen LogP contribution in [-0.4, -0.2) is 19.0 Å². The summed E-state index contributed by atoms with van der Waals surface area (Å²) >= 11 is 0. The minimum atomic E-state index is -0.0399. The van der Waals surface area contributed by atoms with E-state index in [1.54, 1.807) is 24.3 Å². The van der Waals surface area contributed by atoms with Gasteiger partial charge in [0.2, 0.25) is 5.91 Å². The maximum atomic E-state index is 11.1. The Labute approximate surface area is 88.9 Å². The Morgan fingerprint density at radius 1 is 1.40 bits per heavy atom. The van der Waals surface area contributed by atoms with E-state index >= 15 is 0 Å². The first-order chi connectivity index (χ1) is 7.26. The number of carbonyl (C=O) groups excluding carboxylic acids is 1. The van der Waals surface area contributed by atoms with Crippen LogP contribution in [0.15, 0.2) is 24.3 Å². The summed E-state index contributed by atoms with van der Waals surface area (Å²) in [6.07, 6.45) is 0. The van der Waals surface area contributed by atoms with Gasteiger partial charge in [-0.3, -0.25) is 4.79 Å². The molecule has 0 aliphatic carbocycles. The molecule has 0 bridgehead atoms. The highest BCUT2D eigenvalue weighted by Gasteiger charge is 1.98. The summed E-state index contributed by atoms with van der Waals surface area (Å²) in [7, 11) is 0. The van der Waals surface area contributed by atoms with Crippen LogP contribution in [0.3, 0.4) is 0 Å². The van der Waals surface area contributed by atoms with Crippen LogP contribution in [0.25, 0.3) is 0 Å². The lowest BCUT2D eigenvalue weighted by Crippen LogP contribution is -2.29. The summed E-state index contributed by atoms with van der Waals surface area (Å²) < 4.78 is 0. The summed E-state index contributed by atoms with van der Waals surface area (Å²) in [6, 6.07) is 9.00. The van der Waals surface area contributed by atoms with Crippen LogP contribution in [0.2, 0.25) is 0 Å². The number of carbonyl (C=O) groups is 1. The van der Waals surface area contributed by atoms with Gasteiger partial charge in [-0.05, 0) is 31.2 Å². The third-order valence-electron chi connectivity index (χ3n) is 1.84. The van der Waals surface area contributed by atoms with Gasteiger partial charge in [0.1, 0.15) is 0 Å². The van der Waals surface area contributed by atoms with Gasteiger partial charge >= 0.3 is 0 Å². The van der Waals surface area contributed by atoms with E-state index in [1.807, 2.05) is 13.0 Å². The summed E-state index contributed by atoms with van der Waals surface area (Å²) in [4.78, 5) is 11.1. The molecule has 4 nitrogen and oxygen atoms in total. The number of hydrogen-bond acceptors (Lipinski definition) is 3. The number of hydrogen-bond donors (Lipinski definition) is 2. The van der Waals surface area contributed by atoms with Crippen molar-refractivity contribution >= 4 is 11.6 Å². The minimum absolute atomic E-state index is 0.0399. The van der Waals surface area contributed by atoms with E-state index in [-0.39, 0.29) is 12.5 Å². The first-order valence-electron chi connectivity index (χ1n) is 4.77. The zero-order valence-electron chi connectivity index (χ0n) is 8.58. The number of benzene rings is 1. The molecule has 78 valence electrons. The number of nitrogens with one attached hydrogen (secondary N) is 2. The summed E-state index contributed by atoms with van der Waals surface area (Å²) in [5, 5.41) is 14.2. The second-order valence-electron chi connectivity index (χ2n) is 3.00. The molecule has 0 heterocycles. The second-order valence-corrected chi connectivity index (χ2v) is 3.00. The van der Waals surface area contributed by atoms with Gasteiger partial charge in [-0.15, -0.1) is 0 Å². The van der Waals surface area contributed by atoms with Crippen LogP contribution in [0, 0.1) is 11.3 Å². The molecule has 1 aromatic rings. The molecular formula is C11H13N3O. The van der Waals surface area contributed by atoms with Crippen molar-refractivity contribution in [1.82, 2.24) is 5.32 Å². The van der Waals surface area contributed by atoms with Crippen molar-refractivity contribution < 1.29 is 4.79 Å². The van der Waals surface area contributed by atoms with Gasteiger partial charge in [0, 0.05) is 12.2 Å². The van der Waals surface area contributed by atoms with E-state index in [4.69, 9.17) is 5.26 Å². The van der Waals surface area contributed by atoms with E-state index in [1.165, 1.54) is 0 Å². The Hall–Kier alpha value is -2.02. The Bertz CT molecular complexity index is 364. The SMILES string of the molecule is CCNC(=O)CNc1ccc(C#N)cc1. The van der Waals surface area contributed by atoms with Crippen molar-refractivity contribution in [2.75, 3.05) is 18.4 Å². The number of likely N-dealkylation sites (N-methyl/N-ethyl adjacent to an activating group) is 1. The van der Waals surface area contributed by atoms with Crippen molar-refractivity contribution in [3.63, 3.8) is 0 Å². The average molecular weight is 203 g/mol. The van der Waals surface area contributed by atoms with Crippen LogP contribution in [0.1, 0.15) is 12.5 Å². The lowest BCUT2D eigenvalue weighted by Gasteiger charge is -2.05. The van der Waals surface area contributed by atoms with Crippen LogP contribution >= 0.6 is 0 Å². The number of anilines is 1. The molecule has 0 unspecified atom stereocenters. The molecule has 15 heavy (non-hydrogen) atoms. The van der Waals surface area contributed by atoms with Crippen molar-refractivity contribution in [3.8, 4) is 6.07 Å². The first kappa shape index (κ1) is 11.1. The fourth-order valence-electron chi connectivity index (χ4n) is 1.10. The number of rotatable bonds is 4. The zero-order valence-corrected chi connectivity index (χ0v) is 8.58. The number of nitriles is 1. The molecular weight excluding hydrogens is 190 g/mol. The Balaban J connectivity index is 2.45. The van der Waals surface area contributed by atoms with Crippen molar-refractivity contribution in [2.24, 2.45) is 0 Å². The van der Waals surface area contributed by atoms with Crippen molar-refractivity contribution in [2.45, 2.75) is 6.92 Å². The number of nitrogens with zero attached hydrogens (tertiary/aromatic N) is 1. The molecule has 1 rings (SSSR count). The van der Waals surface area contributed by atoms with Crippen LogP contribution in [0.5, 0.6) is 0 Å². The fourth-order valence-corrected chi connectivity index (χ4v) is 1.10. The fraction of sp³-hybridized carbons (Fsp3) is 0.273. The molecule has 0 spiro atoms. The predicted octanol–water partition coefficient (Wildman–Crippen LogP) is 1.11. The van der Waals surface area contributed by atoms with E-state index in [0.29, 0.717) is 12.1 Å². The third-order valence-corrected chi connectivity index (χ3v) is 1.84. The van der Waals surface area contributed by atoms with Crippen molar-refractivity contribution in [3.05, 3.63) is 29.8 Å². The standard InChI is InChI=1S/C11H13N3O/c1-2-13-11(15)8-14-10-5-3-9(7-12)4-6-10/h3-6,14H,2,8H2,1H3,(H,13,15). The van der Waals surface area contributed by atoms with E-state index in [0.717, 1.165) is 5.69 Å². The molecule has 2 N–H and O–H groups in total. The molecule has 4 heteroatoms. The molecule has 0 fully saturated rings. The average Bonchev–Trinajstić information content (AvgIpc) is 2.27. The highest BCUT2D eigenvalue weighted by atomic mass is 16.1. The van der Waals surface area contributed by atoms with Crippen LogP contribution in [-0.2, 0) is 4.79 Å². The zero-order chi connectivity index (χ0) is 11.1. The Kier molecular flexibility index (Phi) is 4.17. The Morgan fingerprint density at radius 2 is 2.07 bits per heavy atom. The van der Waals surface area contributed by atoms with Crippen molar-refractivity contribution in [1.29, 1.82) is 5.26 Å². The summed E-state index contributed by atoms with van der Waals surface area (Å²) in [5.74, 6) is -0.0399. The molecule has 0 saturated heterocycles.